The highest BCUT2D eigenvalue weighted by Crippen LogP contribution is 2.43. The number of likely N-dealkylation sites (tertiary alicyclic amines) is 1. The minimum absolute atomic E-state index is 0.0379. The van der Waals surface area contributed by atoms with Gasteiger partial charge in [-0.25, -0.2) is 0 Å². The number of carboxylic acid groups (broad SMARTS) is 1. The Kier molecular flexibility index (Phi) is 8.56. The van der Waals surface area contributed by atoms with Crippen LogP contribution in [0.2, 0.25) is 0 Å². The van der Waals surface area contributed by atoms with Crippen molar-refractivity contribution in [2.24, 2.45) is 11.7 Å². The van der Waals surface area contributed by atoms with Crippen molar-refractivity contribution < 1.29 is 29.0 Å². The van der Waals surface area contributed by atoms with Crippen LogP contribution in [0, 0.1) is 5.92 Å². The van der Waals surface area contributed by atoms with Crippen LogP contribution < -0.4 is 15.2 Å². The minimum atomic E-state index is -0.913. The number of benzene rings is 2. The molecule has 2 aromatic carbocycles. The number of nitrogens with zero attached hydrogens (tertiary/aromatic N) is 3. The number of carbonyl (C=O) groups excluding carboxylic acids is 2. The number of carboxylic acids is 1. The van der Waals surface area contributed by atoms with Crippen LogP contribution in [0.3, 0.4) is 0 Å². The molecule has 5 rings (SSSR count). The van der Waals surface area contributed by atoms with Crippen LogP contribution in [0.5, 0.6) is 11.5 Å². The summed E-state index contributed by atoms with van der Waals surface area (Å²) in [6, 6.07) is 12.7. The van der Waals surface area contributed by atoms with E-state index in [2.05, 4.69) is 6.92 Å². The number of unbranched alkanes of at least 4 members (excludes halogenated alkanes) is 1. The number of rotatable bonds is 12. The van der Waals surface area contributed by atoms with E-state index in [9.17, 15) is 19.5 Å². The van der Waals surface area contributed by atoms with Gasteiger partial charge in [0.15, 0.2) is 11.5 Å². The van der Waals surface area contributed by atoms with Crippen molar-refractivity contribution in [2.75, 3.05) is 46.1 Å². The van der Waals surface area contributed by atoms with Crippen molar-refractivity contribution in [1.29, 1.82) is 0 Å². The summed E-state index contributed by atoms with van der Waals surface area (Å²) >= 11 is 0. The zero-order chi connectivity index (χ0) is 28.2. The average molecular weight is 551 g/mol. The second kappa shape index (κ2) is 12.3. The molecule has 2 amide bonds. The molecule has 0 unspecified atom stereocenters. The fraction of sp³-hybridized carbons (Fsp3) is 0.500. The summed E-state index contributed by atoms with van der Waals surface area (Å²) in [4.78, 5) is 44.8. The van der Waals surface area contributed by atoms with Gasteiger partial charge >= 0.3 is 5.97 Å². The molecule has 2 aromatic rings. The molecule has 0 radical (unpaired) electrons. The van der Waals surface area contributed by atoms with E-state index in [1.807, 2.05) is 47.4 Å². The zero-order valence-electron chi connectivity index (χ0n) is 23.0. The summed E-state index contributed by atoms with van der Waals surface area (Å²) in [7, 11) is 0. The monoisotopic (exact) mass is 550 g/mol. The average Bonchev–Trinajstić information content (AvgIpc) is 3.65. The summed E-state index contributed by atoms with van der Waals surface area (Å²) in [5.41, 5.74) is 8.32. The Labute approximate surface area is 234 Å². The fourth-order valence-corrected chi connectivity index (χ4v) is 6.26. The fourth-order valence-electron chi connectivity index (χ4n) is 6.26. The number of nitrogens with two attached hydrogens (primary N) is 1. The molecule has 40 heavy (non-hydrogen) atoms. The first-order valence-corrected chi connectivity index (χ1v) is 14.1. The quantitative estimate of drug-likeness (QED) is 0.413. The topological polar surface area (TPSA) is 126 Å². The van der Waals surface area contributed by atoms with Crippen LogP contribution in [-0.4, -0.2) is 89.7 Å². The van der Waals surface area contributed by atoms with Crippen molar-refractivity contribution >= 4 is 17.8 Å². The second-order valence-corrected chi connectivity index (χ2v) is 10.8. The Balaban J connectivity index is 1.39. The van der Waals surface area contributed by atoms with Gasteiger partial charge in [-0.1, -0.05) is 37.6 Å². The molecule has 3 aliphatic heterocycles. The molecule has 3 heterocycles. The Morgan fingerprint density at radius 2 is 1.93 bits per heavy atom. The van der Waals surface area contributed by atoms with Crippen molar-refractivity contribution in [3.05, 3.63) is 59.2 Å². The van der Waals surface area contributed by atoms with Gasteiger partial charge in [0.25, 0.3) is 5.91 Å². The molecule has 10 nitrogen and oxygen atoms in total. The Hall–Kier alpha value is -3.63. The molecule has 3 N–H and O–H groups in total. The van der Waals surface area contributed by atoms with Gasteiger partial charge in [0.1, 0.15) is 0 Å². The lowest BCUT2D eigenvalue weighted by molar-refractivity contribution is -0.143. The van der Waals surface area contributed by atoms with Gasteiger partial charge in [0.05, 0.1) is 12.5 Å². The second-order valence-electron chi connectivity index (χ2n) is 10.8. The number of fused-ring (bicyclic) bond motifs is 2. The summed E-state index contributed by atoms with van der Waals surface area (Å²) in [6.07, 6.45) is 2.28. The molecular formula is C30H38N4O6. The molecule has 1 saturated heterocycles. The third-order valence-corrected chi connectivity index (χ3v) is 8.32. The maximum atomic E-state index is 13.5. The largest absolute Gasteiger partial charge is 0.481 e. The van der Waals surface area contributed by atoms with Crippen LogP contribution in [0.1, 0.15) is 53.6 Å². The Morgan fingerprint density at radius 3 is 2.67 bits per heavy atom. The van der Waals surface area contributed by atoms with E-state index < -0.39 is 17.9 Å². The van der Waals surface area contributed by atoms with Crippen molar-refractivity contribution in [3.8, 4) is 11.5 Å². The first-order valence-electron chi connectivity index (χ1n) is 14.1. The molecular weight excluding hydrogens is 512 g/mol. The first kappa shape index (κ1) is 27.9. The SMILES string of the molecule is CCCCN(CCN)C(=O)CN1C[C@H](c2ccc3c(c2)OCO3)[C@@H](C(=O)O)[C@@H]1CCN1Cc2ccccc2C1=O. The lowest BCUT2D eigenvalue weighted by Gasteiger charge is -2.30. The summed E-state index contributed by atoms with van der Waals surface area (Å²) in [6.45, 7) is 5.09. The molecule has 0 spiro atoms. The third-order valence-electron chi connectivity index (χ3n) is 8.32. The number of hydrogen-bond acceptors (Lipinski definition) is 7. The van der Waals surface area contributed by atoms with Crippen LogP contribution in [-0.2, 0) is 16.1 Å². The summed E-state index contributed by atoms with van der Waals surface area (Å²) in [5.74, 6) is -0.877. The van der Waals surface area contributed by atoms with Crippen molar-refractivity contribution in [3.63, 3.8) is 0 Å². The van der Waals surface area contributed by atoms with Crippen LogP contribution in [0.15, 0.2) is 42.5 Å². The molecule has 3 aliphatic rings. The van der Waals surface area contributed by atoms with Gasteiger partial charge in [0, 0.05) is 56.8 Å². The Morgan fingerprint density at radius 1 is 1.12 bits per heavy atom. The molecule has 0 aliphatic carbocycles. The van der Waals surface area contributed by atoms with E-state index in [-0.39, 0.29) is 31.1 Å². The number of carbonyl (C=O) groups is 3. The van der Waals surface area contributed by atoms with E-state index in [1.165, 1.54) is 0 Å². The van der Waals surface area contributed by atoms with E-state index in [0.29, 0.717) is 62.8 Å². The molecule has 0 saturated carbocycles. The van der Waals surface area contributed by atoms with Gasteiger partial charge in [-0.2, -0.15) is 0 Å². The van der Waals surface area contributed by atoms with Gasteiger partial charge in [-0.15, -0.1) is 0 Å². The zero-order valence-corrected chi connectivity index (χ0v) is 23.0. The highest BCUT2D eigenvalue weighted by atomic mass is 16.7. The molecule has 214 valence electrons. The number of aliphatic carboxylic acids is 1. The van der Waals surface area contributed by atoms with E-state index >= 15 is 0 Å². The maximum absolute atomic E-state index is 13.5. The molecule has 1 fully saturated rings. The van der Waals surface area contributed by atoms with Gasteiger partial charge in [0.2, 0.25) is 12.7 Å². The van der Waals surface area contributed by atoms with E-state index in [1.54, 1.807) is 9.80 Å². The van der Waals surface area contributed by atoms with Crippen molar-refractivity contribution in [1.82, 2.24) is 14.7 Å². The number of hydrogen-bond donors (Lipinski definition) is 2. The molecule has 10 heteroatoms. The highest BCUT2D eigenvalue weighted by Gasteiger charge is 2.47. The predicted octanol–water partition coefficient (Wildman–Crippen LogP) is 2.52. The van der Waals surface area contributed by atoms with Crippen LogP contribution in [0.25, 0.3) is 0 Å². The van der Waals surface area contributed by atoms with Crippen LogP contribution >= 0.6 is 0 Å². The predicted molar refractivity (Wildman–Crippen MR) is 148 cm³/mol. The maximum Gasteiger partial charge on any atom is 0.308 e. The molecule has 0 aromatic heterocycles. The lowest BCUT2D eigenvalue weighted by Crippen LogP contribution is -2.46. The van der Waals surface area contributed by atoms with Gasteiger partial charge in [-0.05, 0) is 42.2 Å². The molecule has 3 atom stereocenters. The third kappa shape index (κ3) is 5.64. The standard InChI is InChI=1S/C30H38N4O6/c1-2-3-12-32(14-11-31)27(35)18-34-17-23(20-8-9-25-26(15-20)40-19-39-25)28(30(37)38)24(34)10-13-33-16-21-6-4-5-7-22(21)29(33)36/h4-9,15,23-24,28H,2-3,10-14,16-19,31H2,1H3,(H,37,38)/t23-,24+,28-/m1/s1. The minimum Gasteiger partial charge on any atom is -0.481 e. The lowest BCUT2D eigenvalue weighted by atomic mass is 9.84. The van der Waals surface area contributed by atoms with Crippen LogP contribution in [0.4, 0.5) is 0 Å². The highest BCUT2D eigenvalue weighted by molar-refractivity contribution is 5.98. The van der Waals surface area contributed by atoms with Gasteiger partial charge < -0.3 is 30.1 Å². The first-order chi connectivity index (χ1) is 19.4. The van der Waals surface area contributed by atoms with E-state index in [4.69, 9.17) is 15.2 Å². The smallest absolute Gasteiger partial charge is 0.308 e. The van der Waals surface area contributed by atoms with Gasteiger partial charge in [-0.3, -0.25) is 19.3 Å². The van der Waals surface area contributed by atoms with Crippen molar-refractivity contribution in [2.45, 2.75) is 44.7 Å². The normalized spacial score (nSPS) is 21.6. The number of ether oxygens (including phenoxy) is 2. The summed E-state index contributed by atoms with van der Waals surface area (Å²) in [5, 5.41) is 10.5. The Bertz CT molecular complexity index is 1250. The number of amides is 2. The summed E-state index contributed by atoms with van der Waals surface area (Å²) < 4.78 is 11.0. The van der Waals surface area contributed by atoms with E-state index in [0.717, 1.165) is 24.0 Å². The molecule has 0 bridgehead atoms.